The Balaban J connectivity index is 1.71. The van der Waals surface area contributed by atoms with E-state index in [4.69, 9.17) is 17.2 Å². The van der Waals surface area contributed by atoms with Crippen LogP contribution >= 0.6 is 35.3 Å². The number of aryl methyl sites for hydroxylation is 2. The smallest absolute Gasteiger partial charge is 0.275 e. The molecule has 0 aliphatic rings. The quantitative estimate of drug-likeness (QED) is 0.141. The number of thiazole rings is 1. The van der Waals surface area contributed by atoms with E-state index in [0.717, 1.165) is 17.8 Å². The van der Waals surface area contributed by atoms with Crippen LogP contribution in [-0.2, 0) is 12.2 Å². The van der Waals surface area contributed by atoms with Crippen molar-refractivity contribution in [3.05, 3.63) is 110 Å². The van der Waals surface area contributed by atoms with E-state index in [-0.39, 0.29) is 5.56 Å². The molecule has 0 fully saturated rings. The number of para-hydroxylation sites is 1. The van der Waals surface area contributed by atoms with E-state index in [2.05, 4.69) is 38.1 Å². The van der Waals surface area contributed by atoms with E-state index >= 15 is 0 Å². The van der Waals surface area contributed by atoms with E-state index in [1.165, 1.54) is 28.0 Å². The number of aromatic nitrogens is 3. The van der Waals surface area contributed by atoms with Gasteiger partial charge in [0.25, 0.3) is 5.56 Å². The fourth-order valence-corrected chi connectivity index (χ4v) is 6.24. The van der Waals surface area contributed by atoms with Gasteiger partial charge in [0, 0.05) is 11.4 Å². The number of benzene rings is 3. The minimum atomic E-state index is -0.0940. The van der Waals surface area contributed by atoms with Crippen molar-refractivity contribution in [3.8, 4) is 11.4 Å². The summed E-state index contributed by atoms with van der Waals surface area (Å²) >= 11 is 8.59. The summed E-state index contributed by atoms with van der Waals surface area (Å²) < 4.78 is 4.81. The predicted molar refractivity (Wildman–Crippen MR) is 145 cm³/mol. The first kappa shape index (κ1) is 22.8. The Morgan fingerprint density at radius 1 is 0.912 bits per heavy atom. The Hall–Kier alpha value is -3.00. The molecule has 5 rings (SSSR count). The first-order valence-corrected chi connectivity index (χ1v) is 13.3. The van der Waals surface area contributed by atoms with Gasteiger partial charge in [-0.25, -0.2) is 4.98 Å². The Morgan fingerprint density at radius 2 is 1.59 bits per heavy atom. The molecule has 2 heterocycles. The summed E-state index contributed by atoms with van der Waals surface area (Å²) in [6.07, 6.45) is 0.968. The second-order valence-electron chi connectivity index (χ2n) is 7.96. The lowest BCUT2D eigenvalue weighted by atomic mass is 10.1. The zero-order valence-corrected chi connectivity index (χ0v) is 21.3. The van der Waals surface area contributed by atoms with Crippen molar-refractivity contribution in [3.63, 3.8) is 0 Å². The lowest BCUT2D eigenvalue weighted by Crippen LogP contribution is -2.21. The summed E-state index contributed by atoms with van der Waals surface area (Å²) in [5.74, 6) is 0.716. The highest BCUT2D eigenvalue weighted by Gasteiger charge is 2.19. The maximum Gasteiger partial charge on any atom is 0.278 e. The van der Waals surface area contributed by atoms with Gasteiger partial charge in [-0.1, -0.05) is 84.6 Å². The van der Waals surface area contributed by atoms with Gasteiger partial charge >= 0.3 is 0 Å². The molecular weight excluding hydrogens is 479 g/mol. The molecule has 170 valence electrons. The van der Waals surface area contributed by atoms with Crippen molar-refractivity contribution in [2.45, 2.75) is 31.2 Å². The summed E-state index contributed by atoms with van der Waals surface area (Å²) in [5, 5.41) is 0.652. The average molecular weight is 502 g/mol. The number of hydrogen-bond donors (Lipinski definition) is 0. The highest BCUT2D eigenvalue weighted by Crippen LogP contribution is 2.29. The number of fused-ring (bicyclic) bond motifs is 1. The zero-order chi connectivity index (χ0) is 23.7. The van der Waals surface area contributed by atoms with Gasteiger partial charge in [-0.3, -0.25) is 13.9 Å². The third-order valence-electron chi connectivity index (χ3n) is 5.81. The van der Waals surface area contributed by atoms with Crippen LogP contribution in [0.3, 0.4) is 0 Å². The molecule has 2 aromatic heterocycles. The van der Waals surface area contributed by atoms with Crippen LogP contribution in [0.15, 0.2) is 88.8 Å². The highest BCUT2D eigenvalue weighted by atomic mass is 32.2. The Morgan fingerprint density at radius 3 is 2.29 bits per heavy atom. The molecular formula is C27H23N3OS3. The van der Waals surface area contributed by atoms with Crippen LogP contribution in [0.4, 0.5) is 0 Å². The molecule has 5 aromatic rings. The molecule has 0 spiro atoms. The highest BCUT2D eigenvalue weighted by molar-refractivity contribution is 7.98. The SMILES string of the molecule is CCc1ccc(-n2c(=S)sc3c(=O)n(-c4ccccc4)c(SCc4ccccc4C)nc32)cc1. The van der Waals surface area contributed by atoms with Crippen LogP contribution in [0.25, 0.3) is 21.7 Å². The van der Waals surface area contributed by atoms with E-state index in [1.807, 2.05) is 59.2 Å². The maximum atomic E-state index is 13.8. The third-order valence-corrected chi connectivity index (χ3v) is 8.15. The standard InChI is InChI=1S/C27H23N3OS3/c1-3-19-13-15-22(16-14-19)29-24-23(34-27(29)32)25(31)30(21-11-5-4-6-12-21)26(28-24)33-17-20-10-8-7-9-18(20)2/h4-16H,3,17H2,1-2H3. The van der Waals surface area contributed by atoms with E-state index in [9.17, 15) is 4.79 Å². The number of nitrogens with zero attached hydrogens (tertiary/aromatic N) is 3. The Kier molecular flexibility index (Phi) is 6.50. The molecule has 0 N–H and O–H groups in total. The van der Waals surface area contributed by atoms with Gasteiger partial charge < -0.3 is 0 Å². The van der Waals surface area contributed by atoms with Crippen molar-refractivity contribution in [1.82, 2.24) is 14.1 Å². The van der Waals surface area contributed by atoms with Gasteiger partial charge in [-0.15, -0.1) is 0 Å². The van der Waals surface area contributed by atoms with Gasteiger partial charge in [-0.2, -0.15) is 0 Å². The number of hydrogen-bond acceptors (Lipinski definition) is 5. The van der Waals surface area contributed by atoms with Crippen LogP contribution in [0.2, 0.25) is 0 Å². The maximum absolute atomic E-state index is 13.8. The molecule has 0 radical (unpaired) electrons. The molecule has 34 heavy (non-hydrogen) atoms. The number of rotatable bonds is 6. The van der Waals surface area contributed by atoms with Crippen LogP contribution in [0.5, 0.6) is 0 Å². The molecule has 0 aliphatic carbocycles. The van der Waals surface area contributed by atoms with Crippen LogP contribution in [-0.4, -0.2) is 14.1 Å². The predicted octanol–water partition coefficient (Wildman–Crippen LogP) is 7.13. The minimum Gasteiger partial charge on any atom is -0.275 e. The van der Waals surface area contributed by atoms with Gasteiger partial charge in [0.15, 0.2) is 14.8 Å². The van der Waals surface area contributed by atoms with Crippen LogP contribution < -0.4 is 5.56 Å². The lowest BCUT2D eigenvalue weighted by molar-refractivity contribution is 0.811. The molecule has 0 saturated carbocycles. The average Bonchev–Trinajstić information content (AvgIpc) is 3.20. The van der Waals surface area contributed by atoms with Crippen molar-refractivity contribution < 1.29 is 0 Å². The fourth-order valence-electron chi connectivity index (χ4n) is 3.86. The van der Waals surface area contributed by atoms with Gasteiger partial charge in [0.2, 0.25) is 0 Å². The molecule has 0 unspecified atom stereocenters. The summed E-state index contributed by atoms with van der Waals surface area (Å²) in [4.78, 5) is 18.8. The monoisotopic (exact) mass is 501 g/mol. The second-order valence-corrected chi connectivity index (χ2v) is 10.5. The van der Waals surface area contributed by atoms with Crippen molar-refractivity contribution >= 4 is 45.7 Å². The van der Waals surface area contributed by atoms with Gasteiger partial charge in [-0.05, 0) is 66.5 Å². The topological polar surface area (TPSA) is 39.8 Å². The normalized spacial score (nSPS) is 11.2. The zero-order valence-electron chi connectivity index (χ0n) is 18.9. The second kappa shape index (κ2) is 9.70. The van der Waals surface area contributed by atoms with E-state index in [1.54, 1.807) is 16.3 Å². The summed E-state index contributed by atoms with van der Waals surface area (Å²) in [5.41, 5.74) is 5.94. The van der Waals surface area contributed by atoms with E-state index < -0.39 is 0 Å². The van der Waals surface area contributed by atoms with Crippen molar-refractivity contribution in [2.75, 3.05) is 0 Å². The first-order valence-electron chi connectivity index (χ1n) is 11.1. The largest absolute Gasteiger partial charge is 0.278 e. The number of thioether (sulfide) groups is 1. The van der Waals surface area contributed by atoms with Crippen molar-refractivity contribution in [1.29, 1.82) is 0 Å². The molecule has 0 bridgehead atoms. The molecule has 0 saturated heterocycles. The summed E-state index contributed by atoms with van der Waals surface area (Å²) in [6.45, 7) is 4.24. The molecule has 3 aromatic carbocycles. The first-order chi connectivity index (χ1) is 16.6. The molecule has 7 heteroatoms. The molecule has 0 aliphatic heterocycles. The molecule has 4 nitrogen and oxygen atoms in total. The third kappa shape index (κ3) is 4.27. The van der Waals surface area contributed by atoms with Gasteiger partial charge in [0.1, 0.15) is 4.70 Å². The Bertz CT molecular complexity index is 1580. The van der Waals surface area contributed by atoms with Gasteiger partial charge in [0.05, 0.1) is 5.69 Å². The minimum absolute atomic E-state index is 0.0940. The molecule has 0 atom stereocenters. The van der Waals surface area contributed by atoms with E-state index in [0.29, 0.717) is 25.2 Å². The van der Waals surface area contributed by atoms with Crippen molar-refractivity contribution in [2.24, 2.45) is 0 Å². The van der Waals surface area contributed by atoms with Crippen LogP contribution in [0.1, 0.15) is 23.6 Å². The fraction of sp³-hybridized carbons (Fsp3) is 0.148. The molecule has 0 amide bonds. The Labute approximate surface area is 211 Å². The van der Waals surface area contributed by atoms with Crippen LogP contribution in [0, 0.1) is 10.9 Å². The summed E-state index contributed by atoms with van der Waals surface area (Å²) in [7, 11) is 0. The summed E-state index contributed by atoms with van der Waals surface area (Å²) in [6, 6.07) is 26.3. The lowest BCUT2D eigenvalue weighted by Gasteiger charge is -2.13.